The molecule has 0 fully saturated rings. The molecule has 0 aromatic carbocycles. The Kier molecular flexibility index (Phi) is 9.65. The Labute approximate surface area is 151 Å². The molecule has 0 atom stereocenters. The fourth-order valence-electron chi connectivity index (χ4n) is 1.14. The summed E-state index contributed by atoms with van der Waals surface area (Å²) in [4.78, 5) is 0. The quantitative estimate of drug-likeness (QED) is 0.224. The summed E-state index contributed by atoms with van der Waals surface area (Å²) in [5, 5.41) is -4.20. The minimum atomic E-state index is -7.73. The zero-order valence-electron chi connectivity index (χ0n) is 13.5. The maximum absolute atomic E-state index is 12.7. The average Bonchev–Trinajstić information content (AvgIpc) is 2.54. The van der Waals surface area contributed by atoms with Crippen LogP contribution in [0.3, 0.4) is 0 Å². The second-order valence-electron chi connectivity index (χ2n) is 4.79. The molecule has 0 saturated heterocycles. The third-order valence-corrected chi connectivity index (χ3v) is 3.59. The standard InChI is InChI=1S/C6H3F11O3S.C6H11N/c7-1-2(8,9)3(10,11)4(12,13)5(14,15)6(16,17)21(18,19)20;1-3-5-7-6-4-2/h1H2,(H,18,19,20);3-4,7H,1-2,5-6H2. The Morgan fingerprint density at radius 1 is 0.786 bits per heavy atom. The van der Waals surface area contributed by atoms with Crippen molar-refractivity contribution in [3.8, 4) is 0 Å². The summed E-state index contributed by atoms with van der Waals surface area (Å²) in [6.45, 7) is 5.17. The third kappa shape index (κ3) is 5.34. The average molecular weight is 461 g/mol. The summed E-state index contributed by atoms with van der Waals surface area (Å²) in [6, 6.07) is 0. The van der Waals surface area contributed by atoms with Crippen molar-refractivity contribution < 1.29 is 61.3 Å². The Balaban J connectivity index is 0. The molecule has 0 spiro atoms. The van der Waals surface area contributed by atoms with Gasteiger partial charge in [0.2, 0.25) is 0 Å². The van der Waals surface area contributed by atoms with Crippen molar-refractivity contribution >= 4 is 10.1 Å². The molecule has 0 rings (SSSR count). The van der Waals surface area contributed by atoms with E-state index in [9.17, 15) is 56.7 Å². The summed E-state index contributed by atoms with van der Waals surface area (Å²) in [5.74, 6) is -29.3. The molecule has 0 saturated carbocycles. The number of rotatable bonds is 10. The summed E-state index contributed by atoms with van der Waals surface area (Å²) >= 11 is 0. The molecule has 2 N–H and O–H groups in total. The predicted octanol–water partition coefficient (Wildman–Crippen LogP) is 3.93. The number of hydrogen-bond acceptors (Lipinski definition) is 3. The van der Waals surface area contributed by atoms with Gasteiger partial charge in [0.25, 0.3) is 0 Å². The van der Waals surface area contributed by atoms with Gasteiger partial charge in [-0.1, -0.05) is 12.2 Å². The van der Waals surface area contributed by atoms with E-state index in [-0.39, 0.29) is 0 Å². The van der Waals surface area contributed by atoms with E-state index in [1.807, 2.05) is 12.2 Å². The molecule has 4 nitrogen and oxygen atoms in total. The Hall–Kier alpha value is -1.42. The van der Waals surface area contributed by atoms with Gasteiger partial charge in [-0.15, -0.1) is 13.2 Å². The number of alkyl halides is 11. The molecule has 16 heteroatoms. The van der Waals surface area contributed by atoms with Gasteiger partial charge < -0.3 is 5.32 Å². The molecule has 0 amide bonds. The van der Waals surface area contributed by atoms with Crippen LogP contribution in [0.4, 0.5) is 48.3 Å². The minimum Gasteiger partial charge on any atom is -0.310 e. The number of nitrogens with one attached hydrogen (secondary N) is 1. The highest BCUT2D eigenvalue weighted by atomic mass is 32.2. The molecular weight excluding hydrogens is 447 g/mol. The Morgan fingerprint density at radius 2 is 1.14 bits per heavy atom. The lowest BCUT2D eigenvalue weighted by Crippen LogP contribution is -2.69. The van der Waals surface area contributed by atoms with Gasteiger partial charge in [0.1, 0.15) is 0 Å². The van der Waals surface area contributed by atoms with E-state index in [1.165, 1.54) is 0 Å². The Morgan fingerprint density at radius 3 is 1.39 bits per heavy atom. The number of halogens is 11. The molecule has 0 aliphatic heterocycles. The van der Waals surface area contributed by atoms with Crippen molar-refractivity contribution in [2.24, 2.45) is 0 Å². The van der Waals surface area contributed by atoms with Crippen LogP contribution >= 0.6 is 0 Å². The fraction of sp³-hybridized carbons (Fsp3) is 0.667. The third-order valence-electron chi connectivity index (χ3n) is 2.68. The molecule has 0 aromatic heterocycles. The monoisotopic (exact) mass is 461 g/mol. The molecule has 0 unspecified atom stereocenters. The van der Waals surface area contributed by atoms with Gasteiger partial charge in [-0.3, -0.25) is 4.55 Å². The van der Waals surface area contributed by atoms with Crippen molar-refractivity contribution in [2.75, 3.05) is 19.8 Å². The van der Waals surface area contributed by atoms with Crippen LogP contribution in [-0.4, -0.2) is 61.7 Å². The highest BCUT2D eigenvalue weighted by molar-refractivity contribution is 7.87. The molecule has 0 aliphatic rings. The van der Waals surface area contributed by atoms with Crippen LogP contribution in [0.2, 0.25) is 0 Å². The molecule has 28 heavy (non-hydrogen) atoms. The Bertz CT molecular complexity index is 627. The topological polar surface area (TPSA) is 66.4 Å². The van der Waals surface area contributed by atoms with Crippen molar-refractivity contribution in [3.05, 3.63) is 25.3 Å². The second kappa shape index (κ2) is 9.39. The summed E-state index contributed by atoms with van der Waals surface area (Å²) < 4.78 is 164. The molecule has 0 aromatic rings. The zero-order chi connectivity index (χ0) is 23.2. The van der Waals surface area contributed by atoms with E-state index in [1.54, 1.807) is 0 Å². The largest absolute Gasteiger partial charge is 0.438 e. The molecule has 0 radical (unpaired) electrons. The molecular formula is C12H14F11NO3S. The van der Waals surface area contributed by atoms with Crippen LogP contribution in [0.25, 0.3) is 0 Å². The first-order valence-corrected chi connectivity index (χ1v) is 8.01. The van der Waals surface area contributed by atoms with Gasteiger partial charge in [-0.2, -0.15) is 52.3 Å². The summed E-state index contributed by atoms with van der Waals surface area (Å²) in [6.07, 6.45) is 3.65. The van der Waals surface area contributed by atoms with Gasteiger partial charge in [0, 0.05) is 13.1 Å². The summed E-state index contributed by atoms with van der Waals surface area (Å²) in [5.41, 5.74) is 0. The zero-order valence-corrected chi connectivity index (χ0v) is 14.3. The van der Waals surface area contributed by atoms with Gasteiger partial charge in [0.15, 0.2) is 6.67 Å². The van der Waals surface area contributed by atoms with E-state index < -0.39 is 45.7 Å². The van der Waals surface area contributed by atoms with E-state index >= 15 is 0 Å². The lowest BCUT2D eigenvalue weighted by atomic mass is 9.99. The molecule has 0 bridgehead atoms. The highest BCUT2D eigenvalue weighted by Gasteiger charge is 2.88. The first-order valence-electron chi connectivity index (χ1n) is 6.57. The highest BCUT2D eigenvalue weighted by Crippen LogP contribution is 2.57. The first kappa shape index (κ1) is 28.8. The number of hydrogen-bond donors (Lipinski definition) is 2. The minimum absolute atomic E-state index is 0.867. The molecule has 0 heterocycles. The predicted molar refractivity (Wildman–Crippen MR) is 75.5 cm³/mol. The second-order valence-corrected chi connectivity index (χ2v) is 6.25. The van der Waals surface area contributed by atoms with Gasteiger partial charge in [0.05, 0.1) is 0 Å². The van der Waals surface area contributed by atoms with Crippen molar-refractivity contribution in [2.45, 2.75) is 28.9 Å². The lowest BCUT2D eigenvalue weighted by Gasteiger charge is -2.37. The SMILES string of the molecule is C=CCNCC=C.O=S(=O)(O)C(F)(F)C(F)(F)C(F)(F)C(F)(F)C(F)(F)CF. The summed E-state index contributed by atoms with van der Waals surface area (Å²) in [7, 11) is -7.39. The van der Waals surface area contributed by atoms with E-state index in [0.717, 1.165) is 13.1 Å². The van der Waals surface area contributed by atoms with Crippen molar-refractivity contribution in [1.82, 2.24) is 5.32 Å². The van der Waals surface area contributed by atoms with E-state index in [0.29, 0.717) is 0 Å². The van der Waals surface area contributed by atoms with Crippen LogP contribution in [0.1, 0.15) is 0 Å². The first-order chi connectivity index (χ1) is 12.2. The maximum atomic E-state index is 12.7. The van der Waals surface area contributed by atoms with E-state index in [2.05, 4.69) is 18.5 Å². The molecule has 0 aliphatic carbocycles. The van der Waals surface area contributed by atoms with Crippen LogP contribution in [0.5, 0.6) is 0 Å². The van der Waals surface area contributed by atoms with Gasteiger partial charge >= 0.3 is 39.1 Å². The van der Waals surface area contributed by atoms with Crippen LogP contribution in [-0.2, 0) is 10.1 Å². The van der Waals surface area contributed by atoms with Crippen molar-refractivity contribution in [3.63, 3.8) is 0 Å². The molecule has 168 valence electrons. The smallest absolute Gasteiger partial charge is 0.310 e. The van der Waals surface area contributed by atoms with Crippen LogP contribution < -0.4 is 5.32 Å². The normalized spacial score (nSPS) is 14.1. The van der Waals surface area contributed by atoms with Crippen LogP contribution in [0, 0.1) is 0 Å². The van der Waals surface area contributed by atoms with Crippen LogP contribution in [0.15, 0.2) is 25.3 Å². The van der Waals surface area contributed by atoms with E-state index in [4.69, 9.17) is 4.55 Å². The fourth-order valence-corrected chi connectivity index (χ4v) is 1.60. The maximum Gasteiger partial charge on any atom is 0.438 e. The van der Waals surface area contributed by atoms with Gasteiger partial charge in [-0.05, 0) is 0 Å². The lowest BCUT2D eigenvalue weighted by molar-refractivity contribution is -0.390. The van der Waals surface area contributed by atoms with Gasteiger partial charge in [-0.25, -0.2) is 4.39 Å². The van der Waals surface area contributed by atoms with Crippen molar-refractivity contribution in [1.29, 1.82) is 0 Å².